The van der Waals surface area contributed by atoms with Gasteiger partial charge in [0.1, 0.15) is 12.9 Å². The molecule has 0 aliphatic carbocycles. The van der Waals surface area contributed by atoms with E-state index in [1.54, 1.807) is 19.2 Å². The van der Waals surface area contributed by atoms with E-state index in [1.165, 1.54) is 0 Å². The van der Waals surface area contributed by atoms with E-state index in [0.717, 1.165) is 21.6 Å². The zero-order valence-electron chi connectivity index (χ0n) is 10.1. The van der Waals surface area contributed by atoms with Crippen LogP contribution in [0.4, 0.5) is 0 Å². The topological polar surface area (TPSA) is 38.8 Å². The molecule has 0 fully saturated rings. The highest BCUT2D eigenvalue weighted by Gasteiger charge is 2.11. The molecule has 0 heterocycles. The predicted octanol–water partition coefficient (Wildman–Crippen LogP) is 2.81. The Labute approximate surface area is 106 Å². The van der Waals surface area contributed by atoms with E-state index in [-0.39, 0.29) is 5.91 Å². The monoisotopic (exact) mass is 243 g/mol. The quantitative estimate of drug-likeness (QED) is 0.778. The second kappa shape index (κ2) is 5.06. The van der Waals surface area contributed by atoms with Gasteiger partial charge in [0.05, 0.1) is 14.2 Å². The predicted molar refractivity (Wildman–Crippen MR) is 68.5 cm³/mol. The summed E-state index contributed by atoms with van der Waals surface area (Å²) in [4.78, 5) is 16.3. The third-order valence-electron chi connectivity index (χ3n) is 2.68. The van der Waals surface area contributed by atoms with Crippen molar-refractivity contribution in [1.82, 2.24) is 5.06 Å². The van der Waals surface area contributed by atoms with Crippen molar-refractivity contribution in [1.29, 1.82) is 0 Å². The maximum Gasteiger partial charge on any atom is 0.277 e. The van der Waals surface area contributed by atoms with E-state index in [0.29, 0.717) is 5.56 Å². The Balaban J connectivity index is 2.42. The molecule has 0 N–H and O–H groups in total. The number of rotatable bonds is 3. The van der Waals surface area contributed by atoms with Gasteiger partial charge in [0.25, 0.3) is 5.91 Å². The molecule has 2 aromatic rings. The van der Waals surface area contributed by atoms with E-state index >= 15 is 0 Å². The number of carbonyl (C=O) groups is 1. The van der Waals surface area contributed by atoms with Crippen LogP contribution in [0.25, 0.3) is 10.8 Å². The highest BCUT2D eigenvalue weighted by molar-refractivity contribution is 5.98. The average molecular weight is 243 g/mol. The van der Waals surface area contributed by atoms with Crippen molar-refractivity contribution in [2.24, 2.45) is 0 Å². The zero-order valence-corrected chi connectivity index (χ0v) is 10.1. The van der Waals surface area contributed by atoms with Crippen LogP contribution in [0.15, 0.2) is 36.4 Å². The minimum absolute atomic E-state index is 0.345. The summed E-state index contributed by atoms with van der Waals surface area (Å²) in [5.74, 6) is 0.434. The van der Waals surface area contributed by atoms with Crippen LogP contribution >= 0.6 is 0 Å². The molecule has 0 unspecified atom stereocenters. The van der Waals surface area contributed by atoms with Gasteiger partial charge in [0.2, 0.25) is 0 Å². The lowest BCUT2D eigenvalue weighted by Crippen LogP contribution is -2.22. The van der Waals surface area contributed by atoms with Crippen LogP contribution in [0.1, 0.15) is 10.4 Å². The van der Waals surface area contributed by atoms with Gasteiger partial charge in [-0.05, 0) is 35.0 Å². The fraction of sp³-hybridized carbons (Fsp3) is 0.0714. The molecule has 2 aromatic carbocycles. The van der Waals surface area contributed by atoms with Gasteiger partial charge >= 0.3 is 0 Å². The second-order valence-electron chi connectivity index (χ2n) is 3.74. The molecular formula is C14H13NO3. The first-order valence-electron chi connectivity index (χ1n) is 5.30. The molecule has 4 nitrogen and oxygen atoms in total. The van der Waals surface area contributed by atoms with Crippen LogP contribution in [0, 0.1) is 14.2 Å². The summed E-state index contributed by atoms with van der Waals surface area (Å²) in [5.41, 5.74) is 0.492. The normalized spacial score (nSPS) is 10.4. The van der Waals surface area contributed by atoms with Crippen molar-refractivity contribution in [2.75, 3.05) is 7.11 Å². The van der Waals surface area contributed by atoms with E-state index in [9.17, 15) is 4.79 Å². The lowest BCUT2D eigenvalue weighted by Gasteiger charge is -2.13. The summed E-state index contributed by atoms with van der Waals surface area (Å²) in [6.07, 6.45) is 0. The minimum Gasteiger partial charge on any atom is -0.497 e. The number of hydrogen-bond acceptors (Lipinski definition) is 3. The van der Waals surface area contributed by atoms with Crippen LogP contribution in [0.2, 0.25) is 0 Å². The number of hydrogen-bond donors (Lipinski definition) is 0. The van der Waals surface area contributed by atoms with Gasteiger partial charge in [-0.3, -0.25) is 9.63 Å². The molecule has 92 valence electrons. The summed E-state index contributed by atoms with van der Waals surface area (Å²) < 4.78 is 5.14. The standard InChI is InChI=1S/C14H13NO3/c1-15(18-3)14(16)12-5-4-11-9-13(17-2)7-6-10(11)8-12/h4-9H,1,3H2,2H3. The smallest absolute Gasteiger partial charge is 0.277 e. The van der Waals surface area contributed by atoms with Gasteiger partial charge in [-0.2, -0.15) is 0 Å². The van der Waals surface area contributed by atoms with E-state index < -0.39 is 0 Å². The zero-order chi connectivity index (χ0) is 13.1. The van der Waals surface area contributed by atoms with Crippen molar-refractivity contribution in [3.05, 3.63) is 56.1 Å². The second-order valence-corrected chi connectivity index (χ2v) is 3.74. The largest absolute Gasteiger partial charge is 0.497 e. The third-order valence-corrected chi connectivity index (χ3v) is 2.68. The third kappa shape index (κ3) is 2.28. The number of nitrogens with zero attached hydrogens (tertiary/aromatic N) is 1. The number of methoxy groups -OCH3 is 1. The lowest BCUT2D eigenvalue weighted by atomic mass is 10.1. The molecule has 0 saturated carbocycles. The molecule has 0 aliphatic rings. The van der Waals surface area contributed by atoms with Gasteiger partial charge in [0.15, 0.2) is 0 Å². The molecule has 0 saturated heterocycles. The maximum absolute atomic E-state index is 11.8. The summed E-state index contributed by atoms with van der Waals surface area (Å²) in [6, 6.07) is 11.0. The molecule has 0 aromatic heterocycles. The van der Waals surface area contributed by atoms with Crippen molar-refractivity contribution in [3.8, 4) is 5.75 Å². The van der Waals surface area contributed by atoms with E-state index in [1.807, 2.05) is 24.3 Å². The van der Waals surface area contributed by atoms with Gasteiger partial charge in [-0.25, -0.2) is 5.06 Å². The van der Waals surface area contributed by atoms with Gasteiger partial charge in [0, 0.05) is 5.56 Å². The molecular weight excluding hydrogens is 230 g/mol. The average Bonchev–Trinajstić information content (AvgIpc) is 2.44. The Morgan fingerprint density at radius 3 is 2.50 bits per heavy atom. The molecule has 0 atom stereocenters. The molecule has 18 heavy (non-hydrogen) atoms. The fourth-order valence-corrected chi connectivity index (χ4v) is 1.69. The number of hydroxylamine groups is 2. The molecule has 0 bridgehead atoms. The van der Waals surface area contributed by atoms with Crippen molar-refractivity contribution in [2.45, 2.75) is 0 Å². The Morgan fingerprint density at radius 2 is 1.83 bits per heavy atom. The minimum atomic E-state index is -0.345. The first kappa shape index (κ1) is 12.4. The Hall–Kier alpha value is -2.07. The molecule has 2 rings (SSSR count). The van der Waals surface area contributed by atoms with Crippen LogP contribution < -0.4 is 4.74 Å². The lowest BCUT2D eigenvalue weighted by molar-refractivity contribution is -0.0394. The molecule has 0 aliphatic heterocycles. The first-order valence-corrected chi connectivity index (χ1v) is 5.30. The van der Waals surface area contributed by atoms with Crippen LogP contribution in [-0.4, -0.2) is 18.1 Å². The first-order chi connectivity index (χ1) is 8.65. The Morgan fingerprint density at radius 1 is 1.17 bits per heavy atom. The van der Waals surface area contributed by atoms with Crippen molar-refractivity contribution < 1.29 is 14.4 Å². The summed E-state index contributed by atoms with van der Waals surface area (Å²) in [7, 11) is 8.18. The van der Waals surface area contributed by atoms with Crippen LogP contribution in [-0.2, 0) is 4.84 Å². The SMILES string of the molecule is [CH2]ON([CH2])C(=O)c1ccc2cc(OC)ccc2c1. The Kier molecular flexibility index (Phi) is 3.48. The van der Waals surface area contributed by atoms with E-state index in [2.05, 4.69) is 19.0 Å². The summed E-state index contributed by atoms with van der Waals surface area (Å²) in [5, 5.41) is 2.78. The number of fused-ring (bicyclic) bond motifs is 1. The van der Waals surface area contributed by atoms with Crippen molar-refractivity contribution >= 4 is 16.7 Å². The molecule has 4 heteroatoms. The number of benzene rings is 2. The van der Waals surface area contributed by atoms with Gasteiger partial charge < -0.3 is 4.74 Å². The van der Waals surface area contributed by atoms with Gasteiger partial charge in [-0.1, -0.05) is 12.1 Å². The number of carbonyl (C=O) groups excluding carboxylic acids is 1. The summed E-state index contributed by atoms with van der Waals surface area (Å²) in [6.45, 7) is 0. The fourth-order valence-electron chi connectivity index (χ4n) is 1.69. The van der Waals surface area contributed by atoms with Crippen molar-refractivity contribution in [3.63, 3.8) is 0 Å². The number of ether oxygens (including phenoxy) is 1. The molecule has 0 spiro atoms. The highest BCUT2D eigenvalue weighted by Crippen LogP contribution is 2.22. The van der Waals surface area contributed by atoms with Gasteiger partial charge in [-0.15, -0.1) is 0 Å². The summed E-state index contributed by atoms with van der Waals surface area (Å²) >= 11 is 0. The van der Waals surface area contributed by atoms with E-state index in [4.69, 9.17) is 4.74 Å². The van der Waals surface area contributed by atoms with Crippen LogP contribution in [0.3, 0.4) is 0 Å². The molecule has 2 radical (unpaired) electrons. The highest BCUT2D eigenvalue weighted by atomic mass is 16.7. The molecule has 1 amide bonds. The Bertz CT molecular complexity index is 580. The van der Waals surface area contributed by atoms with Crippen LogP contribution in [0.5, 0.6) is 5.75 Å². The maximum atomic E-state index is 11.8. The number of amides is 1.